The van der Waals surface area contributed by atoms with Crippen LogP contribution >= 0.6 is 0 Å². The lowest BCUT2D eigenvalue weighted by molar-refractivity contribution is 0.0649. The van der Waals surface area contributed by atoms with Gasteiger partial charge in [0, 0.05) is 13.1 Å². The van der Waals surface area contributed by atoms with E-state index in [-0.39, 0.29) is 6.61 Å². The molecule has 1 aromatic carbocycles. The summed E-state index contributed by atoms with van der Waals surface area (Å²) in [7, 11) is 0. The van der Waals surface area contributed by atoms with E-state index < -0.39 is 6.09 Å². The lowest BCUT2D eigenvalue weighted by Crippen LogP contribution is -2.30. The summed E-state index contributed by atoms with van der Waals surface area (Å²) in [5.74, 6) is 0. The highest BCUT2D eigenvalue weighted by Gasteiger charge is 1.99. The Kier molecular flexibility index (Phi) is 6.78. The molecule has 1 amide bonds. The van der Waals surface area contributed by atoms with Crippen molar-refractivity contribution in [1.82, 2.24) is 5.32 Å². The summed E-state index contributed by atoms with van der Waals surface area (Å²) in [5, 5.41) is 2.50. The molecule has 0 aromatic heterocycles. The highest BCUT2D eigenvalue weighted by molar-refractivity contribution is 5.67. The molecule has 0 bridgehead atoms. The number of ether oxygens (including phenoxy) is 2. The first kappa shape index (κ1) is 13.5. The second-order valence-electron chi connectivity index (χ2n) is 3.39. The van der Waals surface area contributed by atoms with E-state index in [4.69, 9.17) is 15.2 Å². The van der Waals surface area contributed by atoms with Crippen LogP contribution in [0, 0.1) is 0 Å². The molecule has 3 N–H and O–H groups in total. The van der Waals surface area contributed by atoms with E-state index in [0.717, 1.165) is 5.56 Å². The number of amides is 1. The summed E-state index contributed by atoms with van der Waals surface area (Å²) in [6.45, 7) is 1.96. The Balaban J connectivity index is 1.99. The van der Waals surface area contributed by atoms with Gasteiger partial charge in [-0.15, -0.1) is 0 Å². The van der Waals surface area contributed by atoms with Gasteiger partial charge in [0.1, 0.15) is 6.61 Å². The number of alkyl carbamates (subject to hydrolysis) is 1. The quantitative estimate of drug-likeness (QED) is 0.692. The number of carbonyl (C=O) groups excluding carboxylic acids is 1. The average Bonchev–Trinajstić information content (AvgIpc) is 2.37. The van der Waals surface area contributed by atoms with Gasteiger partial charge in [0.05, 0.1) is 13.2 Å². The minimum Gasteiger partial charge on any atom is -0.447 e. The van der Waals surface area contributed by atoms with E-state index in [9.17, 15) is 4.79 Å². The van der Waals surface area contributed by atoms with Crippen LogP contribution in [0.1, 0.15) is 5.56 Å². The zero-order valence-electron chi connectivity index (χ0n) is 9.72. The van der Waals surface area contributed by atoms with Crippen LogP contribution < -0.4 is 11.1 Å². The minimum absolute atomic E-state index is 0.239. The number of carbonyl (C=O) groups is 1. The maximum Gasteiger partial charge on any atom is 0.407 e. The average molecular weight is 238 g/mol. The highest BCUT2D eigenvalue weighted by Crippen LogP contribution is 1.99. The van der Waals surface area contributed by atoms with Crippen LogP contribution in [-0.4, -0.2) is 32.4 Å². The SMILES string of the molecule is NCCNC(=O)OCCOCc1ccccc1. The zero-order valence-corrected chi connectivity index (χ0v) is 9.72. The molecule has 0 aliphatic rings. The Morgan fingerprint density at radius 2 is 2.00 bits per heavy atom. The number of rotatable bonds is 7. The van der Waals surface area contributed by atoms with Crippen LogP contribution in [0.3, 0.4) is 0 Å². The standard InChI is InChI=1S/C12H18N2O3/c13-6-7-14-12(15)17-9-8-16-10-11-4-2-1-3-5-11/h1-5H,6-10,13H2,(H,14,15). The molecule has 0 spiro atoms. The van der Waals surface area contributed by atoms with Gasteiger partial charge in [-0.1, -0.05) is 30.3 Å². The molecule has 0 heterocycles. The molecule has 0 saturated heterocycles. The van der Waals surface area contributed by atoms with Gasteiger partial charge in [-0.05, 0) is 5.56 Å². The zero-order chi connectivity index (χ0) is 12.3. The molecule has 1 aromatic rings. The summed E-state index contributed by atoms with van der Waals surface area (Å²) in [6, 6.07) is 9.82. The van der Waals surface area contributed by atoms with Crippen LogP contribution in [-0.2, 0) is 16.1 Å². The van der Waals surface area contributed by atoms with E-state index in [1.807, 2.05) is 30.3 Å². The molecule has 94 valence electrons. The third kappa shape index (κ3) is 6.55. The van der Waals surface area contributed by atoms with Gasteiger partial charge < -0.3 is 20.5 Å². The van der Waals surface area contributed by atoms with Crippen molar-refractivity contribution in [1.29, 1.82) is 0 Å². The fourth-order valence-corrected chi connectivity index (χ4v) is 1.18. The molecule has 0 fully saturated rings. The summed E-state index contributed by atoms with van der Waals surface area (Å²) in [6.07, 6.45) is -0.459. The third-order valence-corrected chi connectivity index (χ3v) is 1.99. The second-order valence-corrected chi connectivity index (χ2v) is 3.39. The molecule has 0 aliphatic heterocycles. The van der Waals surface area contributed by atoms with E-state index >= 15 is 0 Å². The van der Waals surface area contributed by atoms with Crippen molar-refractivity contribution >= 4 is 6.09 Å². The van der Waals surface area contributed by atoms with E-state index in [1.54, 1.807) is 0 Å². The Bertz CT molecular complexity index is 317. The van der Waals surface area contributed by atoms with Crippen molar-refractivity contribution < 1.29 is 14.3 Å². The van der Waals surface area contributed by atoms with E-state index in [2.05, 4.69) is 5.32 Å². The molecular weight excluding hydrogens is 220 g/mol. The Morgan fingerprint density at radius 3 is 2.71 bits per heavy atom. The van der Waals surface area contributed by atoms with Crippen molar-refractivity contribution in [2.75, 3.05) is 26.3 Å². The number of benzene rings is 1. The van der Waals surface area contributed by atoms with Gasteiger partial charge >= 0.3 is 6.09 Å². The molecule has 0 unspecified atom stereocenters. The van der Waals surface area contributed by atoms with Crippen molar-refractivity contribution in [2.45, 2.75) is 6.61 Å². The Morgan fingerprint density at radius 1 is 1.24 bits per heavy atom. The van der Waals surface area contributed by atoms with Gasteiger partial charge in [0.25, 0.3) is 0 Å². The highest BCUT2D eigenvalue weighted by atomic mass is 16.6. The summed E-state index contributed by atoms with van der Waals surface area (Å²) < 4.78 is 10.2. The summed E-state index contributed by atoms with van der Waals surface area (Å²) in [5.41, 5.74) is 6.32. The number of nitrogens with two attached hydrogens (primary N) is 1. The maximum atomic E-state index is 11.0. The Hall–Kier alpha value is -1.59. The lowest BCUT2D eigenvalue weighted by Gasteiger charge is -2.06. The largest absolute Gasteiger partial charge is 0.447 e. The van der Waals surface area contributed by atoms with Gasteiger partial charge in [-0.3, -0.25) is 0 Å². The molecule has 17 heavy (non-hydrogen) atoms. The normalized spacial score (nSPS) is 9.94. The third-order valence-electron chi connectivity index (χ3n) is 1.99. The van der Waals surface area contributed by atoms with Crippen LogP contribution in [0.2, 0.25) is 0 Å². The van der Waals surface area contributed by atoms with Crippen LogP contribution in [0.25, 0.3) is 0 Å². The molecule has 5 heteroatoms. The summed E-state index contributed by atoms with van der Waals surface area (Å²) >= 11 is 0. The number of hydrogen-bond donors (Lipinski definition) is 2. The molecule has 5 nitrogen and oxygen atoms in total. The van der Waals surface area contributed by atoms with Crippen molar-refractivity contribution in [3.05, 3.63) is 35.9 Å². The van der Waals surface area contributed by atoms with Gasteiger partial charge in [0.15, 0.2) is 0 Å². The van der Waals surface area contributed by atoms with Crippen LogP contribution in [0.15, 0.2) is 30.3 Å². The number of hydrogen-bond acceptors (Lipinski definition) is 4. The number of nitrogens with one attached hydrogen (secondary N) is 1. The van der Waals surface area contributed by atoms with Crippen LogP contribution in [0.4, 0.5) is 4.79 Å². The smallest absolute Gasteiger partial charge is 0.407 e. The molecule has 0 atom stereocenters. The van der Waals surface area contributed by atoms with Gasteiger partial charge in [-0.25, -0.2) is 4.79 Å². The monoisotopic (exact) mass is 238 g/mol. The van der Waals surface area contributed by atoms with Crippen LogP contribution in [0.5, 0.6) is 0 Å². The predicted octanol–water partition coefficient (Wildman–Crippen LogP) is 0.888. The topological polar surface area (TPSA) is 73.6 Å². The predicted molar refractivity (Wildman–Crippen MR) is 64.5 cm³/mol. The van der Waals surface area contributed by atoms with E-state index in [1.165, 1.54) is 0 Å². The minimum atomic E-state index is -0.459. The van der Waals surface area contributed by atoms with Gasteiger partial charge in [-0.2, -0.15) is 0 Å². The molecular formula is C12H18N2O3. The molecule has 1 rings (SSSR count). The lowest BCUT2D eigenvalue weighted by atomic mass is 10.2. The first-order valence-corrected chi connectivity index (χ1v) is 5.55. The second kappa shape index (κ2) is 8.55. The van der Waals surface area contributed by atoms with E-state index in [0.29, 0.717) is 26.3 Å². The molecule has 0 aliphatic carbocycles. The summed E-state index contributed by atoms with van der Waals surface area (Å²) in [4.78, 5) is 11.0. The molecule has 0 saturated carbocycles. The fourth-order valence-electron chi connectivity index (χ4n) is 1.18. The van der Waals surface area contributed by atoms with Crippen molar-refractivity contribution in [3.8, 4) is 0 Å². The molecule has 0 radical (unpaired) electrons. The fraction of sp³-hybridized carbons (Fsp3) is 0.417. The first-order chi connectivity index (χ1) is 8.33. The maximum absolute atomic E-state index is 11.0. The van der Waals surface area contributed by atoms with Gasteiger partial charge in [0.2, 0.25) is 0 Å². The first-order valence-electron chi connectivity index (χ1n) is 5.55. The van der Waals surface area contributed by atoms with Crippen molar-refractivity contribution in [3.63, 3.8) is 0 Å². The Labute approximate surface area is 101 Å². The van der Waals surface area contributed by atoms with Crippen molar-refractivity contribution in [2.24, 2.45) is 5.73 Å².